The van der Waals surface area contributed by atoms with Crippen molar-refractivity contribution in [3.05, 3.63) is 163 Å². The van der Waals surface area contributed by atoms with Crippen molar-refractivity contribution in [3.8, 4) is 33.9 Å². The largest absolute Gasteiger partial charge is 0.455 e. The summed E-state index contributed by atoms with van der Waals surface area (Å²) in [6.45, 7) is 6.82. The third kappa shape index (κ3) is 4.56. The number of furan rings is 1. The highest BCUT2D eigenvalue weighted by Crippen LogP contribution is 2.41. The summed E-state index contributed by atoms with van der Waals surface area (Å²) >= 11 is 0. The molecule has 0 saturated heterocycles. The van der Waals surface area contributed by atoms with Gasteiger partial charge in [-0.2, -0.15) is 0 Å². The fourth-order valence-corrected chi connectivity index (χ4v) is 7.93. The van der Waals surface area contributed by atoms with Gasteiger partial charge >= 0.3 is 0 Å². The second-order valence-electron chi connectivity index (χ2n) is 14.4. The van der Waals surface area contributed by atoms with Crippen molar-refractivity contribution in [2.24, 2.45) is 0 Å². The first-order valence-corrected chi connectivity index (χ1v) is 17.6. The summed E-state index contributed by atoms with van der Waals surface area (Å²) in [5.41, 5.74) is 13.0. The lowest BCUT2D eigenvalue weighted by Gasteiger charge is -2.22. The van der Waals surface area contributed by atoms with Crippen molar-refractivity contribution in [1.29, 1.82) is 0 Å². The van der Waals surface area contributed by atoms with Crippen molar-refractivity contribution < 1.29 is 4.42 Å². The lowest BCUT2D eigenvalue weighted by molar-refractivity contribution is 0.594. The number of hydrogen-bond donors (Lipinski definition) is 0. The van der Waals surface area contributed by atoms with E-state index in [-0.39, 0.29) is 5.41 Å². The molecule has 0 aliphatic heterocycles. The molecule has 4 heteroatoms. The number of fused-ring (bicyclic) bond motifs is 7. The van der Waals surface area contributed by atoms with Gasteiger partial charge in [0.25, 0.3) is 0 Å². The van der Waals surface area contributed by atoms with Crippen LogP contribution in [0.4, 0.5) is 0 Å². The molecule has 244 valence electrons. The monoisotopic (exact) mass is 657 g/mol. The van der Waals surface area contributed by atoms with Crippen LogP contribution in [0.25, 0.3) is 88.7 Å². The molecule has 0 radical (unpaired) electrons. The van der Waals surface area contributed by atoms with E-state index < -0.39 is 0 Å². The summed E-state index contributed by atoms with van der Waals surface area (Å²) in [4.78, 5) is 5.31. The number of rotatable bonds is 4. The number of nitrogens with zero attached hydrogens (tertiary/aromatic N) is 3. The molecule has 51 heavy (non-hydrogen) atoms. The first-order chi connectivity index (χ1) is 24.9. The third-order valence-corrected chi connectivity index (χ3v) is 10.2. The quantitative estimate of drug-likeness (QED) is 0.189. The Hall–Kier alpha value is -6.39. The minimum absolute atomic E-state index is 0.0526. The lowest BCUT2D eigenvalue weighted by Crippen LogP contribution is -2.13. The van der Waals surface area contributed by atoms with Crippen LogP contribution in [0.5, 0.6) is 0 Å². The van der Waals surface area contributed by atoms with Crippen molar-refractivity contribution in [2.75, 3.05) is 0 Å². The second-order valence-corrected chi connectivity index (χ2v) is 14.4. The highest BCUT2D eigenvalue weighted by atomic mass is 16.3. The molecule has 10 rings (SSSR count). The topological polar surface area (TPSA) is 35.9 Å². The molecule has 0 amide bonds. The van der Waals surface area contributed by atoms with Gasteiger partial charge in [-0.3, -0.25) is 4.57 Å². The number of hydrogen-bond acceptors (Lipinski definition) is 2. The predicted octanol–water partition coefficient (Wildman–Crippen LogP) is 12.7. The number of benzene rings is 7. The Balaban J connectivity index is 1.18. The minimum Gasteiger partial charge on any atom is -0.455 e. The van der Waals surface area contributed by atoms with Gasteiger partial charge in [0.1, 0.15) is 17.0 Å². The molecule has 0 aliphatic rings. The van der Waals surface area contributed by atoms with Crippen LogP contribution in [0, 0.1) is 0 Å². The molecular formula is C47H35N3O. The summed E-state index contributed by atoms with van der Waals surface area (Å²) in [7, 11) is 0. The maximum Gasteiger partial charge on any atom is 0.145 e. The van der Waals surface area contributed by atoms with Crippen molar-refractivity contribution in [1.82, 2.24) is 14.1 Å². The molecule has 0 spiro atoms. The van der Waals surface area contributed by atoms with Crippen LogP contribution >= 0.6 is 0 Å². The van der Waals surface area contributed by atoms with E-state index in [2.05, 4.69) is 175 Å². The molecule has 0 saturated carbocycles. The Morgan fingerprint density at radius 3 is 2.08 bits per heavy atom. The maximum absolute atomic E-state index is 6.44. The highest BCUT2D eigenvalue weighted by molar-refractivity contribution is 6.13. The van der Waals surface area contributed by atoms with Crippen LogP contribution in [0.1, 0.15) is 26.3 Å². The molecule has 0 aliphatic carbocycles. The Kier molecular flexibility index (Phi) is 6.40. The fourth-order valence-electron chi connectivity index (χ4n) is 7.93. The zero-order valence-electron chi connectivity index (χ0n) is 28.8. The van der Waals surface area contributed by atoms with Gasteiger partial charge in [0.05, 0.1) is 22.1 Å². The summed E-state index contributed by atoms with van der Waals surface area (Å²) in [6.07, 6.45) is 0. The van der Waals surface area contributed by atoms with E-state index in [0.29, 0.717) is 0 Å². The van der Waals surface area contributed by atoms with Crippen molar-refractivity contribution >= 4 is 54.8 Å². The molecule has 0 unspecified atom stereocenters. The van der Waals surface area contributed by atoms with E-state index in [1.165, 1.54) is 16.3 Å². The summed E-state index contributed by atoms with van der Waals surface area (Å²) < 4.78 is 11.2. The van der Waals surface area contributed by atoms with Gasteiger partial charge < -0.3 is 8.98 Å². The number of aromatic nitrogens is 3. The van der Waals surface area contributed by atoms with Gasteiger partial charge in [-0.1, -0.05) is 124 Å². The second kappa shape index (κ2) is 11.1. The van der Waals surface area contributed by atoms with Crippen LogP contribution in [0.3, 0.4) is 0 Å². The molecule has 3 aromatic heterocycles. The molecule has 4 nitrogen and oxygen atoms in total. The molecular weight excluding hydrogens is 623 g/mol. The van der Waals surface area contributed by atoms with Crippen LogP contribution in [-0.2, 0) is 5.41 Å². The van der Waals surface area contributed by atoms with Crippen LogP contribution in [0.2, 0.25) is 0 Å². The van der Waals surface area contributed by atoms with Gasteiger partial charge in [-0.25, -0.2) is 4.98 Å². The number of para-hydroxylation sites is 5. The Morgan fingerprint density at radius 1 is 0.510 bits per heavy atom. The minimum atomic E-state index is -0.0526. The van der Waals surface area contributed by atoms with Gasteiger partial charge in [0, 0.05) is 44.0 Å². The maximum atomic E-state index is 6.44. The zero-order valence-corrected chi connectivity index (χ0v) is 28.8. The Morgan fingerprint density at radius 2 is 1.22 bits per heavy atom. The average molecular weight is 658 g/mol. The van der Waals surface area contributed by atoms with Gasteiger partial charge in [-0.05, 0) is 71.1 Å². The van der Waals surface area contributed by atoms with Crippen LogP contribution in [-0.4, -0.2) is 14.1 Å². The molecule has 0 bridgehead atoms. The lowest BCUT2D eigenvalue weighted by atomic mass is 9.86. The molecule has 0 atom stereocenters. The summed E-state index contributed by atoms with van der Waals surface area (Å²) in [6, 6.07) is 56.2. The Bertz CT molecular complexity index is 2950. The molecule has 0 N–H and O–H groups in total. The molecule has 7 aromatic carbocycles. The molecule has 0 fully saturated rings. The fraction of sp³-hybridized carbons (Fsp3) is 0.0851. The van der Waals surface area contributed by atoms with Gasteiger partial charge in [0.15, 0.2) is 0 Å². The van der Waals surface area contributed by atoms with E-state index in [0.717, 1.165) is 77.9 Å². The standard InChI is InChI=1S/C47H35N3O/c1-47(2,3)39-22-13-23-40-44(39)50(32-15-5-4-6-16-32)46(48-40)31-14-11-17-33(28-31)49-41-24-9-7-18-35(41)38-29-30(26-27-42(38)49)34-20-12-21-37-36-19-8-10-25-43(36)51-45(34)37/h4-29H,1-3H3. The highest BCUT2D eigenvalue weighted by Gasteiger charge is 2.24. The summed E-state index contributed by atoms with van der Waals surface area (Å²) in [5, 5.41) is 4.69. The van der Waals surface area contributed by atoms with Gasteiger partial charge in [0.2, 0.25) is 0 Å². The zero-order chi connectivity index (χ0) is 34.3. The van der Waals surface area contributed by atoms with E-state index >= 15 is 0 Å². The molecule has 10 aromatic rings. The smallest absolute Gasteiger partial charge is 0.145 e. The van der Waals surface area contributed by atoms with Crippen molar-refractivity contribution in [2.45, 2.75) is 26.2 Å². The van der Waals surface area contributed by atoms with E-state index in [9.17, 15) is 0 Å². The van der Waals surface area contributed by atoms with Crippen molar-refractivity contribution in [3.63, 3.8) is 0 Å². The van der Waals surface area contributed by atoms with Gasteiger partial charge in [-0.15, -0.1) is 0 Å². The normalized spacial score (nSPS) is 12.2. The SMILES string of the molecule is CC(C)(C)c1cccc2nc(-c3cccc(-n4c5ccccc5c5cc(-c6cccc7c6oc6ccccc67)ccc54)c3)n(-c3ccccc3)c12. The predicted molar refractivity (Wildman–Crippen MR) is 212 cm³/mol. The van der Waals surface area contributed by atoms with E-state index in [1.807, 2.05) is 12.1 Å². The Labute approximate surface area is 295 Å². The molecule has 3 heterocycles. The van der Waals surface area contributed by atoms with E-state index in [1.54, 1.807) is 0 Å². The first kappa shape index (κ1) is 29.5. The summed E-state index contributed by atoms with van der Waals surface area (Å²) in [5.74, 6) is 0.928. The van der Waals surface area contributed by atoms with Crippen LogP contribution < -0.4 is 0 Å². The third-order valence-electron chi connectivity index (χ3n) is 10.2. The first-order valence-electron chi connectivity index (χ1n) is 17.6. The number of imidazole rings is 1. The van der Waals surface area contributed by atoms with E-state index in [4.69, 9.17) is 9.40 Å². The van der Waals surface area contributed by atoms with Crippen LogP contribution in [0.15, 0.2) is 162 Å². The average Bonchev–Trinajstić information content (AvgIpc) is 3.84.